The summed E-state index contributed by atoms with van der Waals surface area (Å²) in [4.78, 5) is 25.9. The van der Waals surface area contributed by atoms with Crippen molar-refractivity contribution in [2.75, 3.05) is 59.3 Å². The Labute approximate surface area is 230 Å². The second kappa shape index (κ2) is 11.2. The van der Waals surface area contributed by atoms with E-state index in [4.69, 9.17) is 4.78 Å². The van der Waals surface area contributed by atoms with Gasteiger partial charge in [-0.2, -0.15) is 18.2 Å². The minimum atomic E-state index is -4.49. The van der Waals surface area contributed by atoms with Gasteiger partial charge in [-0.25, -0.2) is 18.8 Å². The average Bonchev–Trinajstić information content (AvgIpc) is 2.93. The third-order valence-corrected chi connectivity index (χ3v) is 8.62. The largest absolute Gasteiger partial charge is 0.416 e. The van der Waals surface area contributed by atoms with Crippen LogP contribution in [-0.4, -0.2) is 63.6 Å². The van der Waals surface area contributed by atoms with Crippen LogP contribution in [0.1, 0.15) is 18.4 Å². The van der Waals surface area contributed by atoms with Crippen molar-refractivity contribution in [2.45, 2.75) is 23.9 Å². The average molecular weight is 575 g/mol. The van der Waals surface area contributed by atoms with Crippen LogP contribution in [-0.2, 0) is 15.9 Å². The first-order valence-corrected chi connectivity index (χ1v) is 14.5. The number of nitrogens with one attached hydrogen (secondary N) is 4. The van der Waals surface area contributed by atoms with Crippen LogP contribution in [0, 0.1) is 4.78 Å². The molecule has 2 aromatic carbocycles. The van der Waals surface area contributed by atoms with Gasteiger partial charge in [-0.05, 0) is 49.2 Å². The molecule has 1 unspecified atom stereocenters. The molecule has 0 aliphatic carbocycles. The summed E-state index contributed by atoms with van der Waals surface area (Å²) < 4.78 is 60.3. The van der Waals surface area contributed by atoms with E-state index >= 15 is 0 Å². The van der Waals surface area contributed by atoms with E-state index in [0.29, 0.717) is 67.9 Å². The highest BCUT2D eigenvalue weighted by atomic mass is 32.2. The zero-order chi connectivity index (χ0) is 28.3. The number of benzene rings is 2. The molecule has 0 spiro atoms. The number of urea groups is 1. The van der Waals surface area contributed by atoms with E-state index in [2.05, 4.69) is 30.8 Å². The summed E-state index contributed by atoms with van der Waals surface area (Å²) >= 11 is 0. The van der Waals surface area contributed by atoms with E-state index in [-0.39, 0.29) is 11.4 Å². The number of hydrogen-bond donors (Lipinski definition) is 4. The highest BCUT2D eigenvalue weighted by Gasteiger charge is 2.31. The SMILES string of the molecule is N=S1(=O)CCCCNc2nc(ncc2N2CCN(C(=O)Nc3cccc(C(F)(F)F)c3)CC2)Nc2cccc1c2. The Morgan fingerprint density at radius 1 is 1.05 bits per heavy atom. The van der Waals surface area contributed by atoms with Crippen molar-refractivity contribution >= 4 is 44.6 Å². The summed E-state index contributed by atoms with van der Waals surface area (Å²) in [5, 5.41) is 9.02. The van der Waals surface area contributed by atoms with Crippen LogP contribution in [0.4, 0.5) is 46.8 Å². The number of halogens is 3. The van der Waals surface area contributed by atoms with Crippen molar-refractivity contribution in [2.24, 2.45) is 0 Å². The Bertz CT molecular complexity index is 1490. The lowest BCUT2D eigenvalue weighted by molar-refractivity contribution is -0.137. The van der Waals surface area contributed by atoms with Gasteiger partial charge in [0.25, 0.3) is 0 Å². The molecule has 10 nitrogen and oxygen atoms in total. The van der Waals surface area contributed by atoms with Crippen molar-refractivity contribution < 1.29 is 22.2 Å². The lowest BCUT2D eigenvalue weighted by atomic mass is 10.2. The molecule has 1 fully saturated rings. The summed E-state index contributed by atoms with van der Waals surface area (Å²) in [5.41, 5.74) is 0.656. The number of piperazine rings is 1. The summed E-state index contributed by atoms with van der Waals surface area (Å²) in [6, 6.07) is 11.0. The lowest BCUT2D eigenvalue weighted by Gasteiger charge is -2.36. The van der Waals surface area contributed by atoms with Crippen LogP contribution in [0.25, 0.3) is 0 Å². The standard InChI is InChI=1S/C26H29F3N8O2S/c27-26(28,29)18-5-3-6-19(15-18)34-25(38)37-12-10-36(11-13-37)22-17-32-24-33-20-7-4-8-21(16-20)40(30,39)14-2-1-9-31-23(22)35-24/h3-8,15-17,30H,1-2,9-14H2,(H,34,38)(H2,31,32,33,35). The number of anilines is 5. The van der Waals surface area contributed by atoms with Gasteiger partial charge in [0.1, 0.15) is 0 Å². The molecule has 2 aliphatic rings. The molecule has 4 N–H and O–H groups in total. The number of carbonyl (C=O) groups excluding carboxylic acids is 1. The van der Waals surface area contributed by atoms with Crippen LogP contribution in [0.2, 0.25) is 0 Å². The maximum absolute atomic E-state index is 13.0. The highest BCUT2D eigenvalue weighted by molar-refractivity contribution is 7.92. The number of carbonyl (C=O) groups is 1. The van der Waals surface area contributed by atoms with Gasteiger partial charge in [0.05, 0.1) is 27.2 Å². The number of nitrogens with zero attached hydrogens (tertiary/aromatic N) is 4. The van der Waals surface area contributed by atoms with Gasteiger partial charge in [0, 0.05) is 54.7 Å². The number of fused-ring (bicyclic) bond motifs is 4. The van der Waals surface area contributed by atoms with E-state index in [1.54, 1.807) is 35.4 Å². The van der Waals surface area contributed by atoms with Gasteiger partial charge < -0.3 is 25.8 Å². The van der Waals surface area contributed by atoms with Crippen LogP contribution >= 0.6 is 0 Å². The molecule has 1 atom stereocenters. The summed E-state index contributed by atoms with van der Waals surface area (Å²) in [5.74, 6) is 1.22. The fraction of sp³-hybridized carbons (Fsp3) is 0.346. The molecule has 0 saturated carbocycles. The van der Waals surface area contributed by atoms with E-state index in [0.717, 1.165) is 17.8 Å². The molecular weight excluding hydrogens is 545 g/mol. The van der Waals surface area contributed by atoms with Gasteiger partial charge in [-0.3, -0.25) is 0 Å². The van der Waals surface area contributed by atoms with Crippen LogP contribution < -0.4 is 20.9 Å². The van der Waals surface area contributed by atoms with Crippen LogP contribution in [0.15, 0.2) is 59.6 Å². The molecule has 1 aromatic heterocycles. The molecule has 3 heterocycles. The minimum Gasteiger partial charge on any atom is -0.368 e. The monoisotopic (exact) mass is 574 g/mol. The number of rotatable bonds is 2. The smallest absolute Gasteiger partial charge is 0.368 e. The lowest BCUT2D eigenvalue weighted by Crippen LogP contribution is -2.50. The van der Waals surface area contributed by atoms with Crippen molar-refractivity contribution in [3.63, 3.8) is 0 Å². The number of hydrogen-bond acceptors (Lipinski definition) is 8. The quantitative estimate of drug-likeness (QED) is 0.331. The normalized spacial score (nSPS) is 19.8. The van der Waals surface area contributed by atoms with Crippen LogP contribution in [0.3, 0.4) is 0 Å². The number of amides is 2. The Kier molecular flexibility index (Phi) is 7.70. The molecule has 40 heavy (non-hydrogen) atoms. The minimum absolute atomic E-state index is 0.0842. The Morgan fingerprint density at radius 2 is 1.82 bits per heavy atom. The van der Waals surface area contributed by atoms with Crippen molar-refractivity contribution in [1.29, 1.82) is 4.78 Å². The topological polar surface area (TPSA) is 126 Å². The Morgan fingerprint density at radius 3 is 2.60 bits per heavy atom. The molecule has 5 rings (SSSR count). The number of alkyl halides is 3. The fourth-order valence-corrected chi connectivity index (χ4v) is 6.05. The van der Waals surface area contributed by atoms with Crippen LogP contribution in [0.5, 0.6) is 0 Å². The van der Waals surface area contributed by atoms with Gasteiger partial charge in [0.2, 0.25) is 5.95 Å². The molecule has 1 saturated heterocycles. The van der Waals surface area contributed by atoms with E-state index in [9.17, 15) is 22.2 Å². The summed E-state index contributed by atoms with van der Waals surface area (Å²) in [7, 11) is -2.91. The van der Waals surface area contributed by atoms with Gasteiger partial charge in [-0.15, -0.1) is 0 Å². The third-order valence-electron chi connectivity index (χ3n) is 6.74. The summed E-state index contributed by atoms with van der Waals surface area (Å²) in [6.45, 7) is 2.23. The van der Waals surface area contributed by atoms with Gasteiger partial charge >= 0.3 is 12.2 Å². The van der Waals surface area contributed by atoms with Crippen molar-refractivity contribution in [1.82, 2.24) is 14.9 Å². The van der Waals surface area contributed by atoms with E-state index < -0.39 is 27.5 Å². The second-order valence-corrected chi connectivity index (χ2v) is 11.8. The Balaban J connectivity index is 1.27. The highest BCUT2D eigenvalue weighted by Crippen LogP contribution is 2.31. The molecule has 2 aliphatic heterocycles. The van der Waals surface area contributed by atoms with Crippen molar-refractivity contribution in [3.8, 4) is 0 Å². The molecular formula is C26H29F3N8O2S. The van der Waals surface area contributed by atoms with E-state index in [1.807, 2.05) is 0 Å². The zero-order valence-electron chi connectivity index (χ0n) is 21.5. The molecule has 0 radical (unpaired) electrons. The fourth-order valence-electron chi connectivity index (χ4n) is 4.59. The van der Waals surface area contributed by atoms with Crippen molar-refractivity contribution in [3.05, 3.63) is 60.3 Å². The molecule has 212 valence electrons. The molecule has 3 aromatic rings. The first kappa shape index (κ1) is 27.5. The Hall–Kier alpha value is -4.07. The maximum atomic E-state index is 13.0. The molecule has 2 amide bonds. The predicted octanol–water partition coefficient (Wildman–Crippen LogP) is 5.20. The first-order chi connectivity index (χ1) is 19.1. The second-order valence-electron chi connectivity index (χ2n) is 9.58. The molecule has 4 bridgehead atoms. The van der Waals surface area contributed by atoms with Gasteiger partial charge in [-0.1, -0.05) is 12.1 Å². The number of aromatic nitrogens is 2. The first-order valence-electron chi connectivity index (χ1n) is 12.8. The van der Waals surface area contributed by atoms with E-state index in [1.165, 1.54) is 12.1 Å². The predicted molar refractivity (Wildman–Crippen MR) is 148 cm³/mol. The van der Waals surface area contributed by atoms with Gasteiger partial charge in [0.15, 0.2) is 5.82 Å². The maximum Gasteiger partial charge on any atom is 0.416 e. The molecule has 14 heteroatoms. The zero-order valence-corrected chi connectivity index (χ0v) is 22.3. The third kappa shape index (κ3) is 6.38. The summed E-state index contributed by atoms with van der Waals surface area (Å²) in [6.07, 6.45) is -1.48.